The lowest BCUT2D eigenvalue weighted by atomic mass is 10.0. The lowest BCUT2D eigenvalue weighted by Gasteiger charge is -2.18. The molecule has 1 unspecified atom stereocenters. The molecule has 0 fully saturated rings. The van der Waals surface area contributed by atoms with E-state index in [0.29, 0.717) is 11.3 Å². The van der Waals surface area contributed by atoms with Crippen LogP contribution < -0.4 is 9.62 Å². The van der Waals surface area contributed by atoms with Gasteiger partial charge in [-0.25, -0.2) is 13.1 Å². The molecule has 1 aromatic rings. The van der Waals surface area contributed by atoms with Gasteiger partial charge in [-0.2, -0.15) is 0 Å². The van der Waals surface area contributed by atoms with E-state index in [1.807, 2.05) is 0 Å². The summed E-state index contributed by atoms with van der Waals surface area (Å²) < 4.78 is 31.2. The summed E-state index contributed by atoms with van der Waals surface area (Å²) in [5.74, 6) is -2.57. The second-order valence-electron chi connectivity index (χ2n) is 6.01. The molecular formula is C16H22N2O6S. The minimum atomic E-state index is -3.65. The van der Waals surface area contributed by atoms with Crippen molar-refractivity contribution in [1.29, 1.82) is 0 Å². The Bertz CT molecular complexity index is 747. The predicted molar refractivity (Wildman–Crippen MR) is 92.0 cm³/mol. The molecule has 0 saturated carbocycles. The van der Waals surface area contributed by atoms with E-state index in [2.05, 4.69) is 4.72 Å². The molecule has 9 heteroatoms. The van der Waals surface area contributed by atoms with Crippen molar-refractivity contribution >= 4 is 27.6 Å². The van der Waals surface area contributed by atoms with Crippen LogP contribution in [0.15, 0.2) is 24.3 Å². The van der Waals surface area contributed by atoms with E-state index in [9.17, 15) is 23.1 Å². The molecule has 2 rings (SSSR count). The molecule has 1 aromatic carbocycles. The maximum Gasteiger partial charge on any atom is 0.312 e. The van der Waals surface area contributed by atoms with Crippen molar-refractivity contribution in [2.75, 3.05) is 30.3 Å². The molecule has 0 aliphatic carbocycles. The highest BCUT2D eigenvalue weighted by Crippen LogP contribution is 2.36. The molecule has 0 aromatic heterocycles. The van der Waals surface area contributed by atoms with Crippen molar-refractivity contribution in [3.05, 3.63) is 29.8 Å². The fraction of sp³-hybridized carbons (Fsp3) is 0.500. The smallest absolute Gasteiger partial charge is 0.312 e. The minimum Gasteiger partial charge on any atom is -0.481 e. The van der Waals surface area contributed by atoms with Crippen molar-refractivity contribution in [3.8, 4) is 0 Å². The largest absolute Gasteiger partial charge is 0.481 e. The first-order valence-electron chi connectivity index (χ1n) is 7.92. The van der Waals surface area contributed by atoms with E-state index >= 15 is 0 Å². The van der Waals surface area contributed by atoms with Gasteiger partial charge < -0.3 is 14.7 Å². The van der Waals surface area contributed by atoms with Crippen molar-refractivity contribution < 1.29 is 27.9 Å². The van der Waals surface area contributed by atoms with Crippen LogP contribution in [0, 0.1) is 0 Å². The first-order chi connectivity index (χ1) is 11.7. The van der Waals surface area contributed by atoms with Gasteiger partial charge >= 0.3 is 5.97 Å². The summed E-state index contributed by atoms with van der Waals surface area (Å²) in [6, 6.07) is 6.73. The number of ether oxygens (including phenoxy) is 1. The number of anilines is 1. The Morgan fingerprint density at radius 1 is 1.36 bits per heavy atom. The lowest BCUT2D eigenvalue weighted by molar-refractivity contribution is -0.138. The highest BCUT2D eigenvalue weighted by atomic mass is 32.2. The van der Waals surface area contributed by atoms with E-state index in [4.69, 9.17) is 4.74 Å². The molecule has 1 aliphatic heterocycles. The number of amides is 1. The molecule has 8 nitrogen and oxygen atoms in total. The molecule has 1 heterocycles. The highest BCUT2D eigenvalue weighted by Gasteiger charge is 2.36. The van der Waals surface area contributed by atoms with Crippen LogP contribution in [-0.4, -0.2) is 57.0 Å². The average molecular weight is 370 g/mol. The topological polar surface area (TPSA) is 113 Å². The molecule has 0 spiro atoms. The van der Waals surface area contributed by atoms with Gasteiger partial charge in [0.2, 0.25) is 15.9 Å². The number of rotatable bonds is 8. The zero-order valence-electron chi connectivity index (χ0n) is 14.1. The summed E-state index contributed by atoms with van der Waals surface area (Å²) in [5.41, 5.74) is 1.05. The van der Waals surface area contributed by atoms with Gasteiger partial charge in [-0.15, -0.1) is 0 Å². The van der Waals surface area contributed by atoms with Gasteiger partial charge in [0, 0.05) is 12.2 Å². The number of hydrogen-bond acceptors (Lipinski definition) is 5. The summed E-state index contributed by atoms with van der Waals surface area (Å²) >= 11 is 0. The van der Waals surface area contributed by atoms with Crippen LogP contribution in [0.1, 0.15) is 25.3 Å². The number of para-hydroxylation sites is 1. The van der Waals surface area contributed by atoms with Gasteiger partial charge in [0.15, 0.2) is 0 Å². The number of aliphatic carboxylic acids is 1. The maximum atomic E-state index is 12.4. The summed E-state index contributed by atoms with van der Waals surface area (Å²) in [6.45, 7) is 3.20. The van der Waals surface area contributed by atoms with Crippen LogP contribution in [-0.2, 0) is 24.3 Å². The minimum absolute atomic E-state index is 0.00823. The molecule has 0 saturated heterocycles. The molecule has 1 amide bonds. The lowest BCUT2D eigenvalue weighted by Crippen LogP contribution is -2.41. The first kappa shape index (κ1) is 19.4. The van der Waals surface area contributed by atoms with E-state index in [-0.39, 0.29) is 25.0 Å². The van der Waals surface area contributed by atoms with Gasteiger partial charge in [0.1, 0.15) is 5.92 Å². The summed E-state index contributed by atoms with van der Waals surface area (Å²) in [7, 11) is -3.65. The number of carboxylic acid groups (broad SMARTS) is 1. The van der Waals surface area contributed by atoms with Crippen LogP contribution >= 0.6 is 0 Å². The van der Waals surface area contributed by atoms with E-state index in [0.717, 1.165) is 0 Å². The summed E-state index contributed by atoms with van der Waals surface area (Å²) in [5, 5.41) is 9.30. The van der Waals surface area contributed by atoms with Crippen LogP contribution in [0.25, 0.3) is 0 Å². The Morgan fingerprint density at radius 2 is 2.04 bits per heavy atom. The maximum absolute atomic E-state index is 12.4. The predicted octanol–water partition coefficient (Wildman–Crippen LogP) is 0.546. The Hall–Kier alpha value is -1.97. The molecule has 1 atom stereocenters. The SMILES string of the molecule is CC(C)OCCS(=O)(=O)NCC(=O)N1CC(C(=O)O)c2ccccc21. The Labute approximate surface area is 146 Å². The third-order valence-electron chi connectivity index (χ3n) is 3.81. The molecule has 25 heavy (non-hydrogen) atoms. The summed E-state index contributed by atoms with van der Waals surface area (Å²) in [4.78, 5) is 25.0. The van der Waals surface area contributed by atoms with Crippen LogP contribution in [0.2, 0.25) is 0 Å². The zero-order chi connectivity index (χ0) is 18.6. The average Bonchev–Trinajstić information content (AvgIpc) is 2.92. The van der Waals surface area contributed by atoms with Crippen molar-refractivity contribution in [3.63, 3.8) is 0 Å². The van der Waals surface area contributed by atoms with Crippen molar-refractivity contribution in [1.82, 2.24) is 4.72 Å². The van der Waals surface area contributed by atoms with E-state index in [1.54, 1.807) is 38.1 Å². The highest BCUT2D eigenvalue weighted by molar-refractivity contribution is 7.89. The number of nitrogens with one attached hydrogen (secondary N) is 1. The monoisotopic (exact) mass is 370 g/mol. The van der Waals surface area contributed by atoms with Gasteiger partial charge in [-0.1, -0.05) is 18.2 Å². The van der Waals surface area contributed by atoms with E-state index in [1.165, 1.54) is 4.90 Å². The standard InChI is InChI=1S/C16H22N2O6S/c1-11(2)24-7-8-25(22,23)17-9-15(19)18-10-13(16(20)21)12-5-3-4-6-14(12)18/h3-6,11,13,17H,7-10H2,1-2H3,(H,20,21). The van der Waals surface area contributed by atoms with Crippen molar-refractivity contribution in [2.24, 2.45) is 0 Å². The molecule has 0 bridgehead atoms. The number of benzene rings is 1. The first-order valence-corrected chi connectivity index (χ1v) is 9.57. The fourth-order valence-electron chi connectivity index (χ4n) is 2.59. The third kappa shape index (κ3) is 5.00. The molecule has 0 radical (unpaired) electrons. The number of fused-ring (bicyclic) bond motifs is 1. The quantitative estimate of drug-likeness (QED) is 0.691. The Balaban J connectivity index is 1.99. The molecule has 1 aliphatic rings. The number of carbonyl (C=O) groups excluding carboxylic acids is 1. The van der Waals surface area contributed by atoms with Crippen LogP contribution in [0.5, 0.6) is 0 Å². The van der Waals surface area contributed by atoms with Gasteiger partial charge in [-0.05, 0) is 25.5 Å². The van der Waals surface area contributed by atoms with Crippen molar-refractivity contribution in [2.45, 2.75) is 25.9 Å². The summed E-state index contributed by atoms with van der Waals surface area (Å²) in [6.07, 6.45) is -0.0779. The zero-order valence-corrected chi connectivity index (χ0v) is 15.0. The second-order valence-corrected chi connectivity index (χ2v) is 7.94. The second kappa shape index (κ2) is 7.94. The number of sulfonamides is 1. The van der Waals surface area contributed by atoms with Crippen LogP contribution in [0.3, 0.4) is 0 Å². The van der Waals surface area contributed by atoms with E-state index < -0.39 is 34.4 Å². The molecule has 138 valence electrons. The Morgan fingerprint density at radius 3 is 2.68 bits per heavy atom. The molecular weight excluding hydrogens is 348 g/mol. The fourth-order valence-corrected chi connectivity index (χ4v) is 3.39. The molecule has 2 N–H and O–H groups in total. The van der Waals surface area contributed by atoms with Gasteiger partial charge in [0.05, 0.1) is 25.0 Å². The van der Waals surface area contributed by atoms with Gasteiger partial charge in [-0.3, -0.25) is 9.59 Å². The number of carboxylic acids is 1. The number of carbonyl (C=O) groups is 2. The van der Waals surface area contributed by atoms with Crippen LogP contribution in [0.4, 0.5) is 5.69 Å². The number of hydrogen-bond donors (Lipinski definition) is 2. The third-order valence-corrected chi connectivity index (χ3v) is 5.10. The Kier molecular flexibility index (Phi) is 6.15. The normalized spacial score (nSPS) is 16.9. The number of nitrogens with zero attached hydrogens (tertiary/aromatic N) is 1. The van der Waals surface area contributed by atoms with Gasteiger partial charge in [0.25, 0.3) is 0 Å².